The highest BCUT2D eigenvalue weighted by molar-refractivity contribution is 6.30. The maximum Gasteiger partial charge on any atom is 0.254 e. The summed E-state index contributed by atoms with van der Waals surface area (Å²) in [6.45, 7) is 0.386. The highest BCUT2D eigenvalue weighted by Gasteiger charge is 2.34. The van der Waals surface area contributed by atoms with Gasteiger partial charge in [0.25, 0.3) is 5.91 Å². The van der Waals surface area contributed by atoms with Gasteiger partial charge in [0.15, 0.2) is 23.1 Å². The Hall–Kier alpha value is -3.12. The van der Waals surface area contributed by atoms with Crippen LogP contribution in [0.1, 0.15) is 33.1 Å². The number of hydrogen-bond acceptors (Lipinski definition) is 3. The Morgan fingerprint density at radius 2 is 1.74 bits per heavy atom. The first-order valence-electron chi connectivity index (χ1n) is 9.69. The number of carbonyl (C=O) groups excluding carboxylic acids is 1. The monoisotopic (exact) mass is 443 g/mol. The van der Waals surface area contributed by atoms with Crippen LogP contribution in [-0.4, -0.2) is 31.6 Å². The number of ether oxygens (including phenoxy) is 2. The average Bonchev–Trinajstić information content (AvgIpc) is 2.78. The molecule has 1 aliphatic rings. The predicted molar refractivity (Wildman–Crippen MR) is 114 cm³/mol. The van der Waals surface area contributed by atoms with Crippen LogP contribution in [0.3, 0.4) is 0 Å². The van der Waals surface area contributed by atoms with E-state index in [-0.39, 0.29) is 5.56 Å². The number of rotatable bonds is 4. The largest absolute Gasteiger partial charge is 0.493 e. The molecule has 0 saturated carbocycles. The molecule has 1 aliphatic heterocycles. The van der Waals surface area contributed by atoms with E-state index in [1.807, 2.05) is 24.3 Å². The standard InChI is InChI=1S/C24H20ClF2NO3/c1-30-21-12-14-8-9-28(24(29)16-6-7-19(26)20(27)11-16)23(18(14)13-22(21)31-2)15-4-3-5-17(25)10-15/h3-7,10-13,23H,8-9H2,1-2H3/t23-/m0/s1. The van der Waals surface area contributed by atoms with Gasteiger partial charge in [0.1, 0.15) is 0 Å². The number of benzene rings is 3. The van der Waals surface area contributed by atoms with Gasteiger partial charge >= 0.3 is 0 Å². The topological polar surface area (TPSA) is 38.8 Å². The van der Waals surface area contributed by atoms with E-state index in [4.69, 9.17) is 21.1 Å². The number of hydrogen-bond donors (Lipinski definition) is 0. The van der Waals surface area contributed by atoms with Crippen molar-refractivity contribution in [2.75, 3.05) is 20.8 Å². The molecule has 1 amide bonds. The quantitative estimate of drug-likeness (QED) is 0.540. The van der Waals surface area contributed by atoms with Crippen molar-refractivity contribution in [1.29, 1.82) is 0 Å². The number of methoxy groups -OCH3 is 2. The minimum Gasteiger partial charge on any atom is -0.493 e. The van der Waals surface area contributed by atoms with E-state index in [1.54, 1.807) is 31.3 Å². The summed E-state index contributed by atoms with van der Waals surface area (Å²) in [6, 6.07) is 13.7. The minimum atomic E-state index is -1.06. The summed E-state index contributed by atoms with van der Waals surface area (Å²) in [5.41, 5.74) is 2.76. The summed E-state index contributed by atoms with van der Waals surface area (Å²) in [7, 11) is 3.12. The van der Waals surface area contributed by atoms with Crippen LogP contribution < -0.4 is 9.47 Å². The van der Waals surface area contributed by atoms with Crippen molar-refractivity contribution in [3.63, 3.8) is 0 Å². The van der Waals surface area contributed by atoms with E-state index in [1.165, 1.54) is 6.07 Å². The Morgan fingerprint density at radius 3 is 2.42 bits per heavy atom. The van der Waals surface area contributed by atoms with Gasteiger partial charge < -0.3 is 14.4 Å². The number of nitrogens with zero attached hydrogens (tertiary/aromatic N) is 1. The van der Waals surface area contributed by atoms with Crippen molar-refractivity contribution in [3.05, 3.63) is 93.5 Å². The predicted octanol–water partition coefficient (Wildman–Crippen LogP) is 5.42. The van der Waals surface area contributed by atoms with Gasteiger partial charge in [-0.15, -0.1) is 0 Å². The maximum atomic E-state index is 13.8. The number of fused-ring (bicyclic) bond motifs is 1. The molecule has 3 aromatic rings. The highest BCUT2D eigenvalue weighted by Crippen LogP contribution is 2.42. The Bertz CT molecular complexity index is 1150. The second-order valence-corrected chi connectivity index (χ2v) is 7.68. The first-order chi connectivity index (χ1) is 14.9. The Balaban J connectivity index is 1.86. The lowest BCUT2D eigenvalue weighted by molar-refractivity contribution is 0.0693. The second kappa shape index (κ2) is 8.55. The normalized spacial score (nSPS) is 15.4. The van der Waals surface area contributed by atoms with Crippen molar-refractivity contribution >= 4 is 17.5 Å². The fraction of sp³-hybridized carbons (Fsp3) is 0.208. The van der Waals surface area contributed by atoms with E-state index in [2.05, 4.69) is 0 Å². The van der Waals surface area contributed by atoms with E-state index >= 15 is 0 Å². The molecule has 0 aliphatic carbocycles. The van der Waals surface area contributed by atoms with Crippen molar-refractivity contribution in [2.24, 2.45) is 0 Å². The average molecular weight is 444 g/mol. The van der Waals surface area contributed by atoms with Crippen molar-refractivity contribution in [3.8, 4) is 11.5 Å². The van der Waals surface area contributed by atoms with E-state index < -0.39 is 23.6 Å². The minimum absolute atomic E-state index is 0.0786. The zero-order valence-corrected chi connectivity index (χ0v) is 17.7. The second-order valence-electron chi connectivity index (χ2n) is 7.24. The third-order valence-corrected chi connectivity index (χ3v) is 5.70. The van der Waals surface area contributed by atoms with Crippen LogP contribution >= 0.6 is 11.6 Å². The summed E-state index contributed by atoms with van der Waals surface area (Å²) in [4.78, 5) is 15.0. The third-order valence-electron chi connectivity index (χ3n) is 5.47. The molecule has 7 heteroatoms. The van der Waals surface area contributed by atoms with E-state index in [0.29, 0.717) is 29.5 Å². The molecule has 0 bridgehead atoms. The molecule has 1 atom stereocenters. The SMILES string of the molecule is COc1cc2c(cc1OC)[C@H](c1cccc(Cl)c1)N(C(=O)c1ccc(F)c(F)c1)CC2. The zero-order valence-electron chi connectivity index (χ0n) is 17.0. The third kappa shape index (κ3) is 3.95. The Kier molecular flexibility index (Phi) is 5.83. The van der Waals surface area contributed by atoms with Crippen molar-refractivity contribution < 1.29 is 23.0 Å². The molecule has 0 saturated heterocycles. The molecule has 3 aromatic carbocycles. The van der Waals surface area contributed by atoms with Crippen molar-refractivity contribution in [2.45, 2.75) is 12.5 Å². The molecular formula is C24H20ClF2NO3. The Labute approximate surface area is 184 Å². The molecule has 0 unspecified atom stereocenters. The van der Waals surface area contributed by atoms with Gasteiger partial charge in [-0.3, -0.25) is 4.79 Å². The lowest BCUT2D eigenvalue weighted by Gasteiger charge is -2.38. The summed E-state index contributed by atoms with van der Waals surface area (Å²) < 4.78 is 38.1. The van der Waals surface area contributed by atoms with Crippen LogP contribution in [0.4, 0.5) is 8.78 Å². The number of amides is 1. The lowest BCUT2D eigenvalue weighted by Crippen LogP contribution is -2.40. The van der Waals surface area contributed by atoms with E-state index in [9.17, 15) is 13.6 Å². The molecule has 0 spiro atoms. The molecule has 0 fully saturated rings. The number of carbonyl (C=O) groups is 1. The van der Waals surface area contributed by atoms with Gasteiger partial charge in [-0.05, 0) is 65.6 Å². The fourth-order valence-electron chi connectivity index (χ4n) is 4.00. The zero-order chi connectivity index (χ0) is 22.1. The van der Waals surface area contributed by atoms with E-state index in [0.717, 1.165) is 28.8 Å². The smallest absolute Gasteiger partial charge is 0.254 e. The van der Waals surface area contributed by atoms with Gasteiger partial charge in [0.05, 0.1) is 20.3 Å². The fourth-order valence-corrected chi connectivity index (χ4v) is 4.19. The lowest BCUT2D eigenvalue weighted by atomic mass is 9.87. The number of halogens is 3. The maximum absolute atomic E-state index is 13.8. The molecule has 4 nitrogen and oxygen atoms in total. The van der Waals surface area contributed by atoms with Crippen LogP contribution in [0.5, 0.6) is 11.5 Å². The summed E-state index contributed by atoms with van der Waals surface area (Å²) in [5.74, 6) is -1.32. The molecule has 0 radical (unpaired) electrons. The molecule has 31 heavy (non-hydrogen) atoms. The van der Waals surface area contributed by atoms with Crippen LogP contribution in [0.2, 0.25) is 5.02 Å². The van der Waals surface area contributed by atoms with Gasteiger partial charge in [-0.1, -0.05) is 23.7 Å². The molecule has 0 aromatic heterocycles. The van der Waals surface area contributed by atoms with Crippen LogP contribution in [0.15, 0.2) is 54.6 Å². The van der Waals surface area contributed by atoms with Gasteiger partial charge in [0.2, 0.25) is 0 Å². The van der Waals surface area contributed by atoms with Gasteiger partial charge in [0, 0.05) is 17.1 Å². The van der Waals surface area contributed by atoms with Gasteiger partial charge in [-0.25, -0.2) is 8.78 Å². The Morgan fingerprint density at radius 1 is 1.00 bits per heavy atom. The highest BCUT2D eigenvalue weighted by atomic mass is 35.5. The summed E-state index contributed by atoms with van der Waals surface area (Å²) in [6.07, 6.45) is 0.572. The van der Waals surface area contributed by atoms with Gasteiger partial charge in [-0.2, -0.15) is 0 Å². The van der Waals surface area contributed by atoms with Crippen LogP contribution in [0, 0.1) is 11.6 Å². The summed E-state index contributed by atoms with van der Waals surface area (Å²) in [5, 5.41) is 0.533. The molecule has 0 N–H and O–H groups in total. The first kappa shape index (κ1) is 21.1. The molecule has 4 rings (SSSR count). The molecule has 1 heterocycles. The summed E-state index contributed by atoms with van der Waals surface area (Å²) >= 11 is 6.24. The van der Waals surface area contributed by atoms with Crippen LogP contribution in [0.25, 0.3) is 0 Å². The van der Waals surface area contributed by atoms with Crippen molar-refractivity contribution in [1.82, 2.24) is 4.90 Å². The molecule has 160 valence electrons. The van der Waals surface area contributed by atoms with Crippen LogP contribution in [-0.2, 0) is 6.42 Å². The molecular weight excluding hydrogens is 424 g/mol. The first-order valence-corrected chi connectivity index (χ1v) is 10.1.